The van der Waals surface area contributed by atoms with E-state index in [4.69, 9.17) is 0 Å². The Hall–Kier alpha value is -1.09. The average Bonchev–Trinajstić information content (AvgIpc) is 2.18. The van der Waals surface area contributed by atoms with Crippen LogP contribution in [-0.4, -0.2) is 5.91 Å². The molecule has 0 unspecified atom stereocenters. The van der Waals surface area contributed by atoms with Gasteiger partial charge in [0.25, 0.3) is 0 Å². The summed E-state index contributed by atoms with van der Waals surface area (Å²) < 4.78 is 1.03. The molecule has 14 heavy (non-hydrogen) atoms. The highest BCUT2D eigenvalue weighted by atomic mass is 79.9. The Bertz CT molecular complexity index is 332. The average molecular weight is 254 g/mol. The molecule has 0 heterocycles. The Morgan fingerprint density at radius 3 is 2.57 bits per heavy atom. The van der Waals surface area contributed by atoms with Gasteiger partial charge in [0.1, 0.15) is 0 Å². The van der Waals surface area contributed by atoms with Crippen molar-refractivity contribution in [3.05, 3.63) is 47.0 Å². The van der Waals surface area contributed by atoms with Gasteiger partial charge in [-0.25, -0.2) is 0 Å². The summed E-state index contributed by atoms with van der Waals surface area (Å²) in [5.41, 5.74) is 1.07. The van der Waals surface area contributed by atoms with Crippen LogP contribution in [0, 0.1) is 0 Å². The van der Waals surface area contributed by atoms with Crippen LogP contribution >= 0.6 is 15.9 Å². The molecule has 1 aromatic rings. The van der Waals surface area contributed by atoms with E-state index >= 15 is 0 Å². The van der Waals surface area contributed by atoms with Crippen molar-refractivity contribution in [2.75, 3.05) is 0 Å². The molecule has 3 heteroatoms. The highest BCUT2D eigenvalue weighted by molar-refractivity contribution is 9.10. The molecule has 0 fully saturated rings. The van der Waals surface area contributed by atoms with Crippen molar-refractivity contribution in [3.8, 4) is 0 Å². The van der Waals surface area contributed by atoms with Crippen LogP contribution in [0.2, 0.25) is 0 Å². The van der Waals surface area contributed by atoms with Crippen molar-refractivity contribution < 1.29 is 4.79 Å². The number of rotatable bonds is 3. The lowest BCUT2D eigenvalue weighted by molar-refractivity contribution is -0.117. The lowest BCUT2D eigenvalue weighted by Crippen LogP contribution is -2.24. The van der Waals surface area contributed by atoms with Gasteiger partial charge < -0.3 is 5.32 Å². The fourth-order valence-electron chi connectivity index (χ4n) is 1.11. The predicted octanol–water partition coefficient (Wildman–Crippen LogP) is 2.81. The predicted molar refractivity (Wildman–Crippen MR) is 60.9 cm³/mol. The summed E-state index contributed by atoms with van der Waals surface area (Å²) in [5.74, 6) is -0.152. The number of amides is 1. The number of benzene rings is 1. The molecule has 74 valence electrons. The Balaban J connectivity index is 2.69. The van der Waals surface area contributed by atoms with Gasteiger partial charge in [-0.05, 0) is 30.7 Å². The second kappa shape index (κ2) is 4.96. The molecule has 1 atom stereocenters. The van der Waals surface area contributed by atoms with E-state index in [-0.39, 0.29) is 11.9 Å². The quantitative estimate of drug-likeness (QED) is 0.825. The lowest BCUT2D eigenvalue weighted by Gasteiger charge is -2.12. The van der Waals surface area contributed by atoms with Crippen molar-refractivity contribution in [2.45, 2.75) is 13.0 Å². The van der Waals surface area contributed by atoms with E-state index in [1.54, 1.807) is 0 Å². The van der Waals surface area contributed by atoms with Crippen LogP contribution in [0.3, 0.4) is 0 Å². The van der Waals surface area contributed by atoms with E-state index in [9.17, 15) is 4.79 Å². The summed E-state index contributed by atoms with van der Waals surface area (Å²) in [7, 11) is 0. The minimum Gasteiger partial charge on any atom is -0.346 e. The number of carbonyl (C=O) groups is 1. The molecule has 0 aromatic heterocycles. The Labute approximate surface area is 92.1 Å². The summed E-state index contributed by atoms with van der Waals surface area (Å²) in [4.78, 5) is 11.0. The fraction of sp³-hybridized carbons (Fsp3) is 0.182. The van der Waals surface area contributed by atoms with Crippen LogP contribution in [0.15, 0.2) is 41.4 Å². The zero-order valence-electron chi connectivity index (χ0n) is 7.96. The third-order valence-electron chi connectivity index (χ3n) is 1.91. The maximum Gasteiger partial charge on any atom is 0.243 e. The molecule has 0 saturated heterocycles. The summed E-state index contributed by atoms with van der Waals surface area (Å²) in [6.07, 6.45) is 1.27. The molecule has 0 bridgehead atoms. The first-order valence-corrected chi connectivity index (χ1v) is 5.11. The largest absolute Gasteiger partial charge is 0.346 e. The molecule has 1 N–H and O–H groups in total. The molecule has 1 aromatic carbocycles. The summed E-state index contributed by atoms with van der Waals surface area (Å²) in [5, 5.41) is 2.79. The van der Waals surface area contributed by atoms with Crippen LogP contribution < -0.4 is 5.32 Å². The SMILES string of the molecule is C=CC(=O)N[C@@H](C)c1ccc(Br)cc1. The van der Waals surface area contributed by atoms with Crippen LogP contribution in [0.4, 0.5) is 0 Å². The third kappa shape index (κ3) is 3.00. The Morgan fingerprint density at radius 1 is 1.50 bits per heavy atom. The number of halogens is 1. The van der Waals surface area contributed by atoms with E-state index in [1.165, 1.54) is 6.08 Å². The lowest BCUT2D eigenvalue weighted by atomic mass is 10.1. The van der Waals surface area contributed by atoms with Crippen LogP contribution in [0.1, 0.15) is 18.5 Å². The van der Waals surface area contributed by atoms with Crippen molar-refractivity contribution in [1.82, 2.24) is 5.32 Å². The second-order valence-corrected chi connectivity index (χ2v) is 3.90. The number of hydrogen-bond donors (Lipinski definition) is 1. The topological polar surface area (TPSA) is 29.1 Å². The van der Waals surface area contributed by atoms with Crippen molar-refractivity contribution >= 4 is 21.8 Å². The van der Waals surface area contributed by atoms with Gasteiger partial charge in [0.05, 0.1) is 6.04 Å². The summed E-state index contributed by atoms with van der Waals surface area (Å²) >= 11 is 3.36. The highest BCUT2D eigenvalue weighted by Crippen LogP contribution is 2.16. The van der Waals surface area contributed by atoms with Gasteiger partial charge in [-0.1, -0.05) is 34.6 Å². The normalized spacial score (nSPS) is 11.9. The van der Waals surface area contributed by atoms with Gasteiger partial charge in [-0.2, -0.15) is 0 Å². The van der Waals surface area contributed by atoms with Crippen molar-refractivity contribution in [3.63, 3.8) is 0 Å². The molecule has 0 aliphatic heterocycles. The van der Waals surface area contributed by atoms with Crippen molar-refractivity contribution in [1.29, 1.82) is 0 Å². The molecular weight excluding hydrogens is 242 g/mol. The van der Waals surface area contributed by atoms with Gasteiger partial charge >= 0.3 is 0 Å². The van der Waals surface area contributed by atoms with Gasteiger partial charge in [0.2, 0.25) is 5.91 Å². The zero-order chi connectivity index (χ0) is 10.6. The van der Waals surface area contributed by atoms with Crippen molar-refractivity contribution in [2.24, 2.45) is 0 Å². The van der Waals surface area contributed by atoms with Crippen LogP contribution in [0.5, 0.6) is 0 Å². The summed E-state index contributed by atoms with van der Waals surface area (Å²) in [6.45, 7) is 5.34. The van der Waals surface area contributed by atoms with E-state index < -0.39 is 0 Å². The fourth-order valence-corrected chi connectivity index (χ4v) is 1.37. The van der Waals surface area contributed by atoms with E-state index in [0.29, 0.717) is 0 Å². The molecule has 1 amide bonds. The maximum atomic E-state index is 11.0. The van der Waals surface area contributed by atoms with Crippen LogP contribution in [0.25, 0.3) is 0 Å². The van der Waals surface area contributed by atoms with Gasteiger partial charge in [0, 0.05) is 4.47 Å². The highest BCUT2D eigenvalue weighted by Gasteiger charge is 2.06. The summed E-state index contributed by atoms with van der Waals surface area (Å²) in [6, 6.07) is 7.85. The standard InChI is InChI=1S/C11H12BrNO/c1-3-11(14)13-8(2)9-4-6-10(12)7-5-9/h3-8H,1H2,2H3,(H,13,14)/t8-/m0/s1. The zero-order valence-corrected chi connectivity index (χ0v) is 9.54. The van der Waals surface area contributed by atoms with E-state index in [2.05, 4.69) is 27.8 Å². The Kier molecular flexibility index (Phi) is 3.89. The minimum absolute atomic E-state index is 0.00796. The maximum absolute atomic E-state index is 11.0. The molecule has 1 rings (SSSR count). The first-order chi connectivity index (χ1) is 6.63. The molecule has 2 nitrogen and oxygen atoms in total. The molecule has 0 radical (unpaired) electrons. The minimum atomic E-state index is -0.152. The van der Waals surface area contributed by atoms with E-state index in [0.717, 1.165) is 10.0 Å². The molecular formula is C11H12BrNO. The number of carbonyl (C=O) groups excluding carboxylic acids is 1. The monoisotopic (exact) mass is 253 g/mol. The van der Waals surface area contributed by atoms with Gasteiger partial charge in [-0.3, -0.25) is 4.79 Å². The molecule has 0 spiro atoms. The van der Waals surface area contributed by atoms with Gasteiger partial charge in [-0.15, -0.1) is 0 Å². The first kappa shape index (κ1) is 11.0. The number of nitrogens with one attached hydrogen (secondary N) is 1. The second-order valence-electron chi connectivity index (χ2n) is 2.99. The van der Waals surface area contributed by atoms with E-state index in [1.807, 2.05) is 31.2 Å². The molecule has 0 aliphatic rings. The van der Waals surface area contributed by atoms with Gasteiger partial charge in [0.15, 0.2) is 0 Å². The Morgan fingerprint density at radius 2 is 2.07 bits per heavy atom. The third-order valence-corrected chi connectivity index (χ3v) is 2.44. The number of hydrogen-bond acceptors (Lipinski definition) is 1. The van der Waals surface area contributed by atoms with Crippen LogP contribution in [-0.2, 0) is 4.79 Å². The molecule has 0 saturated carbocycles. The molecule has 0 aliphatic carbocycles. The first-order valence-electron chi connectivity index (χ1n) is 4.32. The smallest absolute Gasteiger partial charge is 0.243 e.